The average molecular weight is 518 g/mol. The van der Waals surface area contributed by atoms with Crippen LogP contribution in [0.3, 0.4) is 0 Å². The summed E-state index contributed by atoms with van der Waals surface area (Å²) in [5.41, 5.74) is 9.68. The number of hydrogen-bond donors (Lipinski definition) is 5. The fourth-order valence-electron chi connectivity index (χ4n) is 5.88. The number of pyridine rings is 1. The highest BCUT2D eigenvalue weighted by Gasteiger charge is 2.33. The number of amidine groups is 1. The molecule has 1 aliphatic heterocycles. The number of carboxylic acids is 1. The number of nitrogens with two attached hydrogens (primary N) is 1. The lowest BCUT2D eigenvalue weighted by Crippen LogP contribution is -2.46. The Labute approximate surface area is 223 Å². The van der Waals surface area contributed by atoms with Crippen LogP contribution >= 0.6 is 0 Å². The molecule has 0 aliphatic carbocycles. The Balaban J connectivity index is 1.94. The van der Waals surface area contributed by atoms with Crippen molar-refractivity contribution in [3.8, 4) is 11.1 Å². The summed E-state index contributed by atoms with van der Waals surface area (Å²) in [4.78, 5) is 30.3. The van der Waals surface area contributed by atoms with Crippen molar-refractivity contribution in [1.29, 1.82) is 5.41 Å². The van der Waals surface area contributed by atoms with E-state index < -0.39 is 5.97 Å². The number of hydrogen-bond acceptors (Lipinski definition) is 5. The monoisotopic (exact) mass is 517 g/mol. The molecule has 6 N–H and O–H groups in total. The van der Waals surface area contributed by atoms with E-state index in [-0.39, 0.29) is 24.0 Å². The van der Waals surface area contributed by atoms with Crippen molar-refractivity contribution in [2.45, 2.75) is 77.4 Å². The second kappa shape index (κ2) is 11.8. The molecule has 0 saturated carbocycles. The number of carboxylic acid groups (broad SMARTS) is 1. The van der Waals surface area contributed by atoms with E-state index in [2.05, 4.69) is 42.0 Å². The second-order valence-electron chi connectivity index (χ2n) is 10.5. The van der Waals surface area contributed by atoms with E-state index in [0.717, 1.165) is 43.1 Å². The first-order chi connectivity index (χ1) is 18.2. The van der Waals surface area contributed by atoms with Crippen molar-refractivity contribution in [2.75, 3.05) is 11.9 Å². The van der Waals surface area contributed by atoms with Gasteiger partial charge < -0.3 is 21.1 Å². The number of aromatic amines is 1. The smallest absolute Gasteiger partial charge is 0.322 e. The summed E-state index contributed by atoms with van der Waals surface area (Å²) >= 11 is 0. The Kier molecular flexibility index (Phi) is 8.52. The number of unbranched alkanes of at least 4 members (excludes halogenated alkanes) is 1. The normalized spacial score (nSPS) is 18.8. The Morgan fingerprint density at radius 2 is 1.95 bits per heavy atom. The number of likely N-dealkylation sites (tertiary alicyclic amines) is 1. The van der Waals surface area contributed by atoms with Gasteiger partial charge in [0, 0.05) is 40.3 Å². The number of rotatable bonds is 10. The van der Waals surface area contributed by atoms with Crippen LogP contribution in [0.5, 0.6) is 0 Å². The second-order valence-corrected chi connectivity index (χ2v) is 10.5. The van der Waals surface area contributed by atoms with Crippen molar-refractivity contribution < 1.29 is 9.90 Å². The fourth-order valence-corrected chi connectivity index (χ4v) is 5.88. The van der Waals surface area contributed by atoms with Crippen LogP contribution in [0, 0.1) is 5.41 Å². The molecular formula is C30H39N5O3. The number of benzene rings is 2. The summed E-state index contributed by atoms with van der Waals surface area (Å²) in [5.74, 6) is -0.992. The summed E-state index contributed by atoms with van der Waals surface area (Å²) in [6.07, 6.45) is 6.60. The van der Waals surface area contributed by atoms with E-state index in [4.69, 9.17) is 11.1 Å². The molecule has 38 heavy (non-hydrogen) atoms. The zero-order chi connectivity index (χ0) is 27.4. The van der Waals surface area contributed by atoms with E-state index in [0.29, 0.717) is 40.0 Å². The van der Waals surface area contributed by atoms with Gasteiger partial charge in [0.25, 0.3) is 5.56 Å². The Morgan fingerprint density at radius 1 is 1.21 bits per heavy atom. The van der Waals surface area contributed by atoms with Crippen LogP contribution in [0.2, 0.25) is 0 Å². The van der Waals surface area contributed by atoms with Gasteiger partial charge in [-0.2, -0.15) is 0 Å². The highest BCUT2D eigenvalue weighted by Crippen LogP contribution is 2.40. The van der Waals surface area contributed by atoms with Gasteiger partial charge in [-0.3, -0.25) is 19.9 Å². The Morgan fingerprint density at radius 3 is 2.61 bits per heavy atom. The van der Waals surface area contributed by atoms with Gasteiger partial charge in [-0.05, 0) is 68.5 Å². The van der Waals surface area contributed by atoms with Crippen LogP contribution in [-0.2, 0) is 4.79 Å². The maximum absolute atomic E-state index is 13.3. The predicted molar refractivity (Wildman–Crippen MR) is 154 cm³/mol. The largest absolute Gasteiger partial charge is 0.480 e. The topological polar surface area (TPSA) is 135 Å². The molecule has 202 valence electrons. The standard InChI is InChI=1S/C30H39N5O3/c1-4-5-12-27(35-18(2)8-6-9-19(35)3)25-14-22(33-17-28(36)37)15-26-24(25)16-23(30(38)34-26)20-10-7-11-21(13-20)29(31)32/h7,10-11,13-16,18-19,27,33H,4-6,8-9,12,17H2,1-3H3,(H3,31,32)(H,34,38)(H,36,37). The third-order valence-electron chi connectivity index (χ3n) is 7.73. The van der Waals surface area contributed by atoms with Gasteiger partial charge in [-0.1, -0.05) is 44.4 Å². The van der Waals surface area contributed by atoms with E-state index in [1.165, 1.54) is 6.42 Å². The summed E-state index contributed by atoms with van der Waals surface area (Å²) in [7, 11) is 0. The lowest BCUT2D eigenvalue weighted by molar-refractivity contribution is -0.134. The summed E-state index contributed by atoms with van der Waals surface area (Å²) in [6.45, 7) is 6.58. The van der Waals surface area contributed by atoms with Gasteiger partial charge in [0.15, 0.2) is 0 Å². The zero-order valence-electron chi connectivity index (χ0n) is 22.5. The highest BCUT2D eigenvalue weighted by atomic mass is 16.4. The molecule has 2 heterocycles. The number of aromatic nitrogens is 1. The van der Waals surface area contributed by atoms with Crippen molar-refractivity contribution in [3.63, 3.8) is 0 Å². The third kappa shape index (κ3) is 5.91. The number of piperidine rings is 1. The van der Waals surface area contributed by atoms with Crippen molar-refractivity contribution >= 4 is 28.4 Å². The van der Waals surface area contributed by atoms with E-state index >= 15 is 0 Å². The first kappa shape index (κ1) is 27.4. The summed E-state index contributed by atoms with van der Waals surface area (Å²) < 4.78 is 0. The minimum atomic E-state index is -0.943. The number of nitrogens with one attached hydrogen (secondary N) is 3. The number of aliphatic carboxylic acids is 1. The number of carbonyl (C=O) groups is 1. The molecule has 3 atom stereocenters. The molecule has 1 aliphatic rings. The number of fused-ring (bicyclic) bond motifs is 1. The molecule has 0 amide bonds. The third-order valence-corrected chi connectivity index (χ3v) is 7.73. The van der Waals surface area contributed by atoms with Gasteiger partial charge in [0.2, 0.25) is 0 Å². The molecule has 8 nitrogen and oxygen atoms in total. The van der Waals surface area contributed by atoms with Crippen molar-refractivity contribution in [2.24, 2.45) is 5.73 Å². The number of H-pyrrole nitrogens is 1. The van der Waals surface area contributed by atoms with Crippen LogP contribution in [-0.4, -0.2) is 45.4 Å². The summed E-state index contributed by atoms with van der Waals surface area (Å²) in [5, 5.41) is 21.1. The van der Waals surface area contributed by atoms with Crippen molar-refractivity contribution in [3.05, 3.63) is 63.9 Å². The molecule has 0 radical (unpaired) electrons. The minimum Gasteiger partial charge on any atom is -0.480 e. The maximum atomic E-state index is 13.3. The molecule has 3 aromatic rings. The van der Waals surface area contributed by atoms with Crippen molar-refractivity contribution in [1.82, 2.24) is 9.88 Å². The van der Waals surface area contributed by atoms with E-state index in [9.17, 15) is 14.7 Å². The lowest BCUT2D eigenvalue weighted by Gasteiger charge is -2.45. The number of anilines is 1. The molecule has 3 unspecified atom stereocenters. The highest BCUT2D eigenvalue weighted by molar-refractivity contribution is 5.96. The molecule has 4 rings (SSSR count). The Bertz CT molecular complexity index is 1370. The lowest BCUT2D eigenvalue weighted by atomic mass is 9.88. The Hall–Kier alpha value is -3.65. The van der Waals surface area contributed by atoms with Gasteiger partial charge in [0.05, 0.1) is 5.52 Å². The zero-order valence-corrected chi connectivity index (χ0v) is 22.5. The van der Waals surface area contributed by atoms with E-state index in [1.54, 1.807) is 18.2 Å². The first-order valence-electron chi connectivity index (χ1n) is 13.6. The first-order valence-corrected chi connectivity index (χ1v) is 13.6. The van der Waals surface area contributed by atoms with Crippen LogP contribution in [0.15, 0.2) is 47.3 Å². The molecule has 1 fully saturated rings. The molecule has 8 heteroatoms. The molecule has 1 saturated heterocycles. The van der Waals surface area contributed by atoms with Gasteiger partial charge in [0.1, 0.15) is 12.4 Å². The van der Waals surface area contributed by atoms with Gasteiger partial charge in [-0.15, -0.1) is 0 Å². The fraction of sp³-hybridized carbons (Fsp3) is 0.433. The van der Waals surface area contributed by atoms with Crippen LogP contribution in [0.25, 0.3) is 22.0 Å². The average Bonchev–Trinajstić information content (AvgIpc) is 2.88. The minimum absolute atomic E-state index is 0.0494. The molecule has 0 bridgehead atoms. The SMILES string of the molecule is CCCCC(c1cc(NCC(=O)O)cc2[nH]c(=O)c(-c3cccc(C(=N)N)c3)cc12)N1C(C)CCCC1C. The molecule has 2 aromatic carbocycles. The van der Waals surface area contributed by atoms with E-state index in [1.807, 2.05) is 18.2 Å². The van der Waals surface area contributed by atoms with Crippen LogP contribution in [0.1, 0.15) is 76.5 Å². The van der Waals surface area contributed by atoms with Crippen LogP contribution in [0.4, 0.5) is 5.69 Å². The van der Waals surface area contributed by atoms with Gasteiger partial charge >= 0.3 is 5.97 Å². The predicted octanol–water partition coefficient (Wildman–Crippen LogP) is 5.47. The maximum Gasteiger partial charge on any atom is 0.322 e. The quantitative estimate of drug-likeness (QED) is 0.179. The summed E-state index contributed by atoms with van der Waals surface area (Å²) in [6, 6.07) is 14.0. The van der Waals surface area contributed by atoms with Crippen LogP contribution < -0.4 is 16.6 Å². The number of nitrogens with zero attached hydrogens (tertiary/aromatic N) is 1. The molecular weight excluding hydrogens is 478 g/mol. The molecule has 1 aromatic heterocycles. The molecule has 0 spiro atoms. The number of nitrogen functional groups attached to an aromatic ring is 1. The van der Waals surface area contributed by atoms with Gasteiger partial charge in [-0.25, -0.2) is 0 Å².